The fourth-order valence-electron chi connectivity index (χ4n) is 3.77. The van der Waals surface area contributed by atoms with Crippen LogP contribution in [0.15, 0.2) is 77.7 Å². The first-order valence-electron chi connectivity index (χ1n) is 10.0. The second-order valence-corrected chi connectivity index (χ2v) is 9.30. The second-order valence-electron chi connectivity index (χ2n) is 7.61. The number of carbonyl (C=O) groups is 1. The van der Waals surface area contributed by atoms with Crippen LogP contribution in [0.2, 0.25) is 0 Å². The van der Waals surface area contributed by atoms with Crippen LogP contribution < -0.4 is 10.0 Å². The number of hydrogen-bond donors (Lipinski definition) is 2. The smallest absolute Gasteiger partial charge is 0.261 e. The Morgan fingerprint density at radius 3 is 2.37 bits per heavy atom. The van der Waals surface area contributed by atoms with Gasteiger partial charge in [0.05, 0.1) is 10.9 Å². The van der Waals surface area contributed by atoms with E-state index in [0.717, 1.165) is 24.8 Å². The molecule has 0 unspecified atom stereocenters. The standard InChI is InChI=1S/C24H24N2O3S/c1-17-9-13-20(14-10-17)26-30(28,29)21-15-11-19(12-16-21)24(27)25-23-8-4-6-18-5-2-3-7-22(18)23/h2-3,5,7,9-16,23,26H,4,6,8H2,1H3,(H,25,27)/t23-/m0/s1. The molecule has 0 radical (unpaired) electrons. The van der Waals surface area contributed by atoms with Crippen molar-refractivity contribution in [2.24, 2.45) is 0 Å². The van der Waals surface area contributed by atoms with Crippen molar-refractivity contribution < 1.29 is 13.2 Å². The lowest BCUT2D eigenvalue weighted by Gasteiger charge is -2.26. The van der Waals surface area contributed by atoms with Gasteiger partial charge in [0.15, 0.2) is 0 Å². The average molecular weight is 421 g/mol. The van der Waals surface area contributed by atoms with Crippen LogP contribution in [0.3, 0.4) is 0 Å². The van der Waals surface area contributed by atoms with Gasteiger partial charge in [0.2, 0.25) is 0 Å². The van der Waals surface area contributed by atoms with E-state index in [0.29, 0.717) is 11.3 Å². The third kappa shape index (κ3) is 4.39. The molecule has 3 aromatic carbocycles. The Hall–Kier alpha value is -3.12. The first-order chi connectivity index (χ1) is 14.4. The highest BCUT2D eigenvalue weighted by atomic mass is 32.2. The van der Waals surface area contributed by atoms with E-state index in [-0.39, 0.29) is 16.8 Å². The predicted molar refractivity (Wildman–Crippen MR) is 118 cm³/mol. The summed E-state index contributed by atoms with van der Waals surface area (Å²) >= 11 is 0. The van der Waals surface area contributed by atoms with Crippen molar-refractivity contribution in [3.8, 4) is 0 Å². The minimum Gasteiger partial charge on any atom is -0.345 e. The lowest BCUT2D eigenvalue weighted by atomic mass is 9.87. The van der Waals surface area contributed by atoms with Crippen molar-refractivity contribution in [3.05, 3.63) is 95.1 Å². The summed E-state index contributed by atoms with van der Waals surface area (Å²) in [5.41, 5.74) is 4.43. The van der Waals surface area contributed by atoms with Gasteiger partial charge in [-0.15, -0.1) is 0 Å². The molecule has 0 aliphatic heterocycles. The predicted octanol–water partition coefficient (Wildman–Crippen LogP) is 4.60. The Morgan fingerprint density at radius 2 is 1.63 bits per heavy atom. The van der Waals surface area contributed by atoms with E-state index in [2.05, 4.69) is 22.2 Å². The maximum atomic E-state index is 12.7. The van der Waals surface area contributed by atoms with Gasteiger partial charge in [0.25, 0.3) is 15.9 Å². The van der Waals surface area contributed by atoms with Crippen LogP contribution in [0.4, 0.5) is 5.69 Å². The van der Waals surface area contributed by atoms with E-state index in [1.54, 1.807) is 24.3 Å². The monoisotopic (exact) mass is 420 g/mol. The number of nitrogens with one attached hydrogen (secondary N) is 2. The van der Waals surface area contributed by atoms with Gasteiger partial charge >= 0.3 is 0 Å². The van der Waals surface area contributed by atoms with E-state index >= 15 is 0 Å². The summed E-state index contributed by atoms with van der Waals surface area (Å²) in [5.74, 6) is -0.202. The molecule has 0 aromatic heterocycles. The minimum absolute atomic E-state index is 0.0194. The fraction of sp³-hybridized carbons (Fsp3) is 0.208. The number of aryl methyl sites for hydroxylation is 2. The summed E-state index contributed by atoms with van der Waals surface area (Å²) in [6, 6.07) is 21.3. The van der Waals surface area contributed by atoms with Crippen LogP contribution >= 0.6 is 0 Å². The number of benzene rings is 3. The Morgan fingerprint density at radius 1 is 0.933 bits per heavy atom. The van der Waals surface area contributed by atoms with Gasteiger partial charge < -0.3 is 5.32 Å². The van der Waals surface area contributed by atoms with Crippen LogP contribution in [0.5, 0.6) is 0 Å². The van der Waals surface area contributed by atoms with Gasteiger partial charge in [0.1, 0.15) is 0 Å². The summed E-state index contributed by atoms with van der Waals surface area (Å²) in [6.07, 6.45) is 2.96. The van der Waals surface area contributed by atoms with E-state index in [9.17, 15) is 13.2 Å². The molecule has 1 aliphatic carbocycles. The van der Waals surface area contributed by atoms with Crippen molar-refractivity contribution in [1.82, 2.24) is 5.32 Å². The zero-order chi connectivity index (χ0) is 21.1. The van der Waals surface area contributed by atoms with Crippen molar-refractivity contribution in [2.75, 3.05) is 4.72 Å². The third-order valence-electron chi connectivity index (χ3n) is 5.41. The maximum absolute atomic E-state index is 12.7. The molecule has 1 atom stereocenters. The molecule has 0 fully saturated rings. The number of hydrogen-bond acceptors (Lipinski definition) is 3. The quantitative estimate of drug-likeness (QED) is 0.633. The summed E-state index contributed by atoms with van der Waals surface area (Å²) in [5, 5.41) is 3.09. The molecule has 0 saturated heterocycles. The van der Waals surface area contributed by atoms with Crippen LogP contribution in [-0.2, 0) is 16.4 Å². The highest BCUT2D eigenvalue weighted by Gasteiger charge is 2.22. The highest BCUT2D eigenvalue weighted by molar-refractivity contribution is 7.92. The second kappa shape index (κ2) is 8.32. The lowest BCUT2D eigenvalue weighted by molar-refractivity contribution is 0.0932. The average Bonchev–Trinajstić information content (AvgIpc) is 2.75. The number of carbonyl (C=O) groups excluding carboxylic acids is 1. The topological polar surface area (TPSA) is 75.3 Å². The zero-order valence-corrected chi connectivity index (χ0v) is 17.6. The molecule has 0 saturated carbocycles. The number of anilines is 1. The van der Waals surface area contributed by atoms with Gasteiger partial charge in [-0.25, -0.2) is 8.42 Å². The lowest BCUT2D eigenvalue weighted by Crippen LogP contribution is -2.31. The number of sulfonamides is 1. The van der Waals surface area contributed by atoms with Gasteiger partial charge in [-0.05, 0) is 73.7 Å². The molecule has 0 bridgehead atoms. The molecule has 1 amide bonds. The van der Waals surface area contributed by atoms with Crippen molar-refractivity contribution in [3.63, 3.8) is 0 Å². The minimum atomic E-state index is -3.72. The van der Waals surface area contributed by atoms with Crippen LogP contribution in [-0.4, -0.2) is 14.3 Å². The molecule has 30 heavy (non-hydrogen) atoms. The highest BCUT2D eigenvalue weighted by Crippen LogP contribution is 2.29. The van der Waals surface area contributed by atoms with Crippen molar-refractivity contribution in [1.29, 1.82) is 0 Å². The fourth-order valence-corrected chi connectivity index (χ4v) is 4.83. The Bertz CT molecular complexity index is 1150. The molecule has 0 heterocycles. The van der Waals surface area contributed by atoms with Crippen molar-refractivity contribution in [2.45, 2.75) is 37.1 Å². The molecule has 1 aliphatic rings. The Labute approximate surface area is 177 Å². The normalized spacial score (nSPS) is 15.8. The largest absolute Gasteiger partial charge is 0.345 e. The summed E-state index contributed by atoms with van der Waals surface area (Å²) in [7, 11) is -3.72. The molecule has 154 valence electrons. The summed E-state index contributed by atoms with van der Waals surface area (Å²) in [6.45, 7) is 1.94. The van der Waals surface area contributed by atoms with Crippen LogP contribution in [0, 0.1) is 6.92 Å². The molecule has 0 spiro atoms. The Kier molecular flexibility index (Phi) is 5.59. The molecule has 6 heteroatoms. The molecular formula is C24H24N2O3S. The first kappa shape index (κ1) is 20.2. The van der Waals surface area contributed by atoms with Gasteiger partial charge in [-0.2, -0.15) is 0 Å². The van der Waals surface area contributed by atoms with E-state index in [1.165, 1.54) is 23.3 Å². The van der Waals surface area contributed by atoms with E-state index in [1.807, 2.05) is 31.2 Å². The summed E-state index contributed by atoms with van der Waals surface area (Å²) < 4.78 is 27.8. The zero-order valence-electron chi connectivity index (χ0n) is 16.8. The molecule has 3 aromatic rings. The van der Waals surface area contributed by atoms with Gasteiger partial charge in [-0.3, -0.25) is 9.52 Å². The first-order valence-corrected chi connectivity index (χ1v) is 11.5. The van der Waals surface area contributed by atoms with Gasteiger partial charge in [-0.1, -0.05) is 42.0 Å². The molecule has 2 N–H and O–H groups in total. The van der Waals surface area contributed by atoms with E-state index in [4.69, 9.17) is 0 Å². The Balaban J connectivity index is 1.47. The number of rotatable bonds is 5. The SMILES string of the molecule is Cc1ccc(NS(=O)(=O)c2ccc(C(=O)N[C@H]3CCCc4ccccc43)cc2)cc1. The number of amides is 1. The van der Waals surface area contributed by atoms with Crippen LogP contribution in [0.25, 0.3) is 0 Å². The molecule has 5 nitrogen and oxygen atoms in total. The number of fused-ring (bicyclic) bond motifs is 1. The third-order valence-corrected chi connectivity index (χ3v) is 6.80. The van der Waals surface area contributed by atoms with Crippen LogP contribution in [0.1, 0.15) is 45.9 Å². The summed E-state index contributed by atoms with van der Waals surface area (Å²) in [4.78, 5) is 12.8. The van der Waals surface area contributed by atoms with E-state index < -0.39 is 10.0 Å². The maximum Gasteiger partial charge on any atom is 0.261 e. The molecular weight excluding hydrogens is 396 g/mol. The molecule has 4 rings (SSSR count). The van der Waals surface area contributed by atoms with Crippen molar-refractivity contribution >= 4 is 21.6 Å². The van der Waals surface area contributed by atoms with Gasteiger partial charge in [0, 0.05) is 11.3 Å².